The molecule has 0 aromatic carbocycles. The molecule has 0 aliphatic heterocycles. The molecule has 0 aliphatic carbocycles. The van der Waals surface area contributed by atoms with Gasteiger partial charge in [0.1, 0.15) is 0 Å². The van der Waals surface area contributed by atoms with Crippen molar-refractivity contribution in [3.05, 3.63) is 0 Å². The van der Waals surface area contributed by atoms with Crippen molar-refractivity contribution in [1.29, 1.82) is 0 Å². The van der Waals surface area contributed by atoms with Gasteiger partial charge in [0.2, 0.25) is 0 Å². The molecule has 8 heteroatoms. The van der Waals surface area contributed by atoms with Gasteiger partial charge in [0, 0.05) is 19.4 Å². The molecule has 0 atom stereocenters. The van der Waals surface area contributed by atoms with E-state index in [1.54, 1.807) is 0 Å². The minimum atomic E-state index is -0.500. The fraction of sp³-hybridized carbons (Fsp3) is 0. The summed E-state index contributed by atoms with van der Waals surface area (Å²) in [5.41, 5.74) is 0. The fourth-order valence-electron chi connectivity index (χ4n) is 0. The van der Waals surface area contributed by atoms with Crippen molar-refractivity contribution in [2.24, 2.45) is 0 Å². The van der Waals surface area contributed by atoms with Gasteiger partial charge >= 0.3 is 41.9 Å². The van der Waals surface area contributed by atoms with E-state index < -0.39 is 19.4 Å². The van der Waals surface area contributed by atoms with E-state index in [1.807, 2.05) is 0 Å². The van der Waals surface area contributed by atoms with Crippen LogP contribution in [0.25, 0.3) is 0 Å². The molecule has 0 saturated heterocycles. The van der Waals surface area contributed by atoms with Gasteiger partial charge in [0.05, 0.1) is 0 Å². The monoisotopic (exact) mass is 166 g/mol. The summed E-state index contributed by atoms with van der Waals surface area (Å²) in [5.74, 6) is 0. The average molecular weight is 166 g/mol. The smallest absolute Gasteiger partial charge is 0.554 e. The van der Waals surface area contributed by atoms with Crippen LogP contribution in [-0.2, 0) is 14.4 Å². The third-order valence-electron chi connectivity index (χ3n) is 0. The summed E-state index contributed by atoms with van der Waals surface area (Å²) in [4.78, 5) is 24.8. The van der Waals surface area contributed by atoms with Crippen LogP contribution in [0.3, 0.4) is 0 Å². The van der Waals surface area contributed by atoms with Crippen molar-refractivity contribution in [2.45, 2.75) is 0 Å². The Hall–Kier alpha value is -0.226. The molecule has 6 nitrogen and oxygen atoms in total. The molecule has 0 unspecified atom stereocenters. The van der Waals surface area contributed by atoms with Crippen LogP contribution in [0.15, 0.2) is 0 Å². The van der Waals surface area contributed by atoms with E-state index in [9.17, 15) is 0 Å². The van der Waals surface area contributed by atoms with Gasteiger partial charge in [0.15, 0.2) is 0 Å². The average Bonchev–Trinajstić information content (AvgIpc) is 1.70. The van der Waals surface area contributed by atoms with Gasteiger partial charge in [0.25, 0.3) is 0 Å². The Bertz CT molecular complexity index is 54.6. The normalized spacial score (nSPS) is 3.27. The van der Waals surface area contributed by atoms with E-state index in [4.69, 9.17) is 29.7 Å². The van der Waals surface area contributed by atoms with E-state index in [2.05, 4.69) is 0 Å². The zero-order valence-corrected chi connectivity index (χ0v) is 7.30. The standard InChI is InChI=1S/3CH2O2.Li.Mg/c3*2-1-3;;/h3*1H,(H,2,3);;/q;;;+1;+2/p-3. The Kier molecular flexibility index (Phi) is 274. The van der Waals surface area contributed by atoms with Gasteiger partial charge in [-0.25, -0.2) is 0 Å². The SMILES string of the molecule is O=C[O-].O=C[O-].O=C[O-].[Li+].[Mg+2]. The molecule has 54 valence electrons. The zero-order chi connectivity index (χ0) is 8.12. The Morgan fingerprint density at radius 3 is 0.727 bits per heavy atom. The van der Waals surface area contributed by atoms with Crippen LogP contribution in [0, 0.1) is 0 Å². The van der Waals surface area contributed by atoms with Crippen LogP contribution < -0.4 is 34.2 Å². The van der Waals surface area contributed by atoms with E-state index in [-0.39, 0.29) is 41.9 Å². The number of carboxylic acid groups (broad SMARTS) is 3. The Balaban J connectivity index is -0.0000000150. The number of carbonyl (C=O) groups excluding carboxylic acids is 3. The van der Waals surface area contributed by atoms with Gasteiger partial charge in [-0.3, -0.25) is 0 Å². The summed E-state index contributed by atoms with van der Waals surface area (Å²) in [6, 6.07) is 0. The van der Waals surface area contributed by atoms with Crippen molar-refractivity contribution in [2.75, 3.05) is 0 Å². The molecule has 0 spiro atoms. The summed E-state index contributed by atoms with van der Waals surface area (Å²) >= 11 is 0. The maximum Gasteiger partial charge on any atom is 2.00 e. The molecule has 0 bridgehead atoms. The van der Waals surface area contributed by atoms with Crippen molar-refractivity contribution < 1.29 is 48.6 Å². The molecule has 0 saturated carbocycles. The van der Waals surface area contributed by atoms with Crippen LogP contribution in [-0.4, -0.2) is 42.5 Å². The van der Waals surface area contributed by atoms with Gasteiger partial charge in [-0.2, -0.15) is 0 Å². The minimum absolute atomic E-state index is 0. The first-order chi connectivity index (χ1) is 4.24. The fourth-order valence-corrected chi connectivity index (χ4v) is 0. The molecule has 0 heterocycles. The van der Waals surface area contributed by atoms with Gasteiger partial charge in [-0.05, 0) is 0 Å². The first kappa shape index (κ1) is 30.9. The molecule has 0 N–H and O–H groups in total. The molecule has 0 rings (SSSR count). The van der Waals surface area contributed by atoms with E-state index in [0.29, 0.717) is 0 Å². The number of rotatable bonds is 0. The summed E-state index contributed by atoms with van der Waals surface area (Å²) in [6.45, 7) is -1.50. The topological polar surface area (TPSA) is 120 Å². The van der Waals surface area contributed by atoms with Crippen molar-refractivity contribution >= 4 is 42.5 Å². The van der Waals surface area contributed by atoms with Crippen molar-refractivity contribution in [3.63, 3.8) is 0 Å². The van der Waals surface area contributed by atoms with Crippen molar-refractivity contribution in [3.8, 4) is 0 Å². The summed E-state index contributed by atoms with van der Waals surface area (Å²) < 4.78 is 0. The van der Waals surface area contributed by atoms with Crippen LogP contribution in [0.2, 0.25) is 0 Å². The second-order valence-electron chi connectivity index (χ2n) is 0.289. The van der Waals surface area contributed by atoms with Crippen LogP contribution in [0.5, 0.6) is 0 Å². The van der Waals surface area contributed by atoms with Crippen LogP contribution in [0.1, 0.15) is 0 Å². The molecule has 0 fully saturated rings. The predicted octanol–water partition coefficient (Wildman–Crippen LogP) is -8.28. The molecular formula is C3H3LiMgO6. The second-order valence-corrected chi connectivity index (χ2v) is 0.289. The Labute approximate surface area is 90.9 Å². The zero-order valence-electron chi connectivity index (χ0n) is 5.89. The minimum Gasteiger partial charge on any atom is -0.554 e. The summed E-state index contributed by atoms with van der Waals surface area (Å²) in [7, 11) is 0. The third-order valence-corrected chi connectivity index (χ3v) is 0. The van der Waals surface area contributed by atoms with E-state index in [0.717, 1.165) is 0 Å². The van der Waals surface area contributed by atoms with Gasteiger partial charge in [-0.1, -0.05) is 0 Å². The van der Waals surface area contributed by atoms with Crippen LogP contribution >= 0.6 is 0 Å². The molecule has 0 aromatic rings. The van der Waals surface area contributed by atoms with Gasteiger partial charge in [-0.15, -0.1) is 0 Å². The maximum atomic E-state index is 8.25. The quantitative estimate of drug-likeness (QED) is 0.260. The Morgan fingerprint density at radius 2 is 0.727 bits per heavy atom. The first-order valence-electron chi connectivity index (χ1n) is 1.41. The summed E-state index contributed by atoms with van der Waals surface area (Å²) in [5, 5.41) is 24.8. The molecular weight excluding hydrogens is 163 g/mol. The Morgan fingerprint density at radius 1 is 0.727 bits per heavy atom. The third kappa shape index (κ3) is 11500. The first-order valence-corrected chi connectivity index (χ1v) is 1.41. The molecule has 0 amide bonds. The molecule has 0 radical (unpaired) electrons. The van der Waals surface area contributed by atoms with Gasteiger partial charge < -0.3 is 29.7 Å². The van der Waals surface area contributed by atoms with Crippen LogP contribution in [0.4, 0.5) is 0 Å². The summed E-state index contributed by atoms with van der Waals surface area (Å²) in [6.07, 6.45) is 0. The molecule has 0 aromatic heterocycles. The maximum absolute atomic E-state index is 8.25. The molecule has 11 heavy (non-hydrogen) atoms. The number of hydrogen-bond donors (Lipinski definition) is 0. The van der Waals surface area contributed by atoms with E-state index >= 15 is 0 Å². The predicted molar refractivity (Wildman–Crippen MR) is 23.9 cm³/mol. The van der Waals surface area contributed by atoms with Crippen molar-refractivity contribution in [1.82, 2.24) is 0 Å². The number of hydrogen-bond acceptors (Lipinski definition) is 6. The molecule has 0 aliphatic rings. The largest absolute Gasteiger partial charge is 2.00 e. The number of carbonyl (C=O) groups is 3. The van der Waals surface area contributed by atoms with E-state index in [1.165, 1.54) is 0 Å². The second kappa shape index (κ2) is 97.8.